The van der Waals surface area contributed by atoms with Crippen LogP contribution in [0, 0.1) is 34.5 Å². The van der Waals surface area contributed by atoms with Crippen LogP contribution in [-0.4, -0.2) is 77.8 Å². The lowest BCUT2D eigenvalue weighted by Gasteiger charge is -2.61. The van der Waals surface area contributed by atoms with Crippen molar-refractivity contribution in [2.75, 3.05) is 0 Å². The van der Waals surface area contributed by atoms with Crippen molar-refractivity contribution in [2.45, 2.75) is 127 Å². The summed E-state index contributed by atoms with van der Waals surface area (Å²) in [6.07, 6.45) is 1.11. The number of aliphatic hydroxyl groups excluding tert-OH is 3. The number of fused-ring (bicyclic) bond motifs is 5. The van der Waals surface area contributed by atoms with E-state index in [9.17, 15) is 35.4 Å². The van der Waals surface area contributed by atoms with Crippen LogP contribution in [0.4, 0.5) is 0 Å². The Morgan fingerprint density at radius 3 is 2.38 bits per heavy atom. The van der Waals surface area contributed by atoms with Gasteiger partial charge in [-0.15, -0.1) is 0 Å². The second kappa shape index (κ2) is 8.56. The molecule has 0 bridgehead atoms. The highest BCUT2D eigenvalue weighted by atomic mass is 16.6. The predicted octanol–water partition coefficient (Wildman–Crippen LogP) is 1.83. The van der Waals surface area contributed by atoms with Crippen LogP contribution in [0.15, 0.2) is 11.6 Å². The highest BCUT2D eigenvalue weighted by Gasteiger charge is 2.70. The molecule has 13 atom stereocenters. The van der Waals surface area contributed by atoms with Crippen LogP contribution >= 0.6 is 0 Å². The Kier molecular flexibility index (Phi) is 6.41. The average Bonchev–Trinajstić information content (AvgIpc) is 3.11. The standard InChI is InChI=1S/C29H46O8/c1-6-28(35)14-23(37-24(33)15(28)2)27(5,34)22-8-10-29(36)17-11-19(30)18-12-20(31)21(32)13-25(18,3)16(17)7-9-26(22,29)4/h11,15-16,18,20-24,31-36H,6-10,12-14H2,1-5H3/t15-,16+,18+,20-,21+,22+,23-,24-,25-,26-,27-,28+,29-/m1/s1. The molecule has 0 unspecified atom stereocenters. The van der Waals surface area contributed by atoms with Gasteiger partial charge >= 0.3 is 0 Å². The molecule has 8 nitrogen and oxygen atoms in total. The summed E-state index contributed by atoms with van der Waals surface area (Å²) in [7, 11) is 0. The van der Waals surface area contributed by atoms with E-state index in [1.165, 1.54) is 0 Å². The van der Waals surface area contributed by atoms with Gasteiger partial charge in [0.15, 0.2) is 12.1 Å². The van der Waals surface area contributed by atoms with E-state index in [2.05, 4.69) is 0 Å². The van der Waals surface area contributed by atoms with E-state index < -0.39 is 70.0 Å². The molecule has 1 heterocycles. The lowest BCUT2D eigenvalue weighted by molar-refractivity contribution is -0.297. The smallest absolute Gasteiger partial charge is 0.160 e. The van der Waals surface area contributed by atoms with Crippen molar-refractivity contribution in [3.63, 3.8) is 0 Å². The molecule has 6 N–H and O–H groups in total. The summed E-state index contributed by atoms with van der Waals surface area (Å²) in [4.78, 5) is 13.4. The fourth-order valence-corrected chi connectivity index (χ4v) is 9.45. The number of allylic oxidation sites excluding steroid dienone is 1. The van der Waals surface area contributed by atoms with Gasteiger partial charge in [0.1, 0.15) is 0 Å². The molecule has 0 aromatic carbocycles. The van der Waals surface area contributed by atoms with E-state index >= 15 is 0 Å². The number of ether oxygens (including phenoxy) is 1. The van der Waals surface area contributed by atoms with Gasteiger partial charge in [0.2, 0.25) is 0 Å². The molecule has 0 radical (unpaired) electrons. The maximum atomic E-state index is 13.4. The minimum Gasteiger partial charge on any atom is -0.390 e. The lowest BCUT2D eigenvalue weighted by Crippen LogP contribution is -2.65. The molecule has 5 rings (SSSR count). The zero-order valence-electron chi connectivity index (χ0n) is 22.9. The van der Waals surface area contributed by atoms with E-state index in [0.29, 0.717) is 44.1 Å². The van der Waals surface area contributed by atoms with Crippen LogP contribution in [0.2, 0.25) is 0 Å². The summed E-state index contributed by atoms with van der Waals surface area (Å²) in [6, 6.07) is 0. The topological polar surface area (TPSA) is 148 Å². The fraction of sp³-hybridized carbons (Fsp3) is 0.897. The Balaban J connectivity index is 1.49. The Morgan fingerprint density at radius 1 is 1.05 bits per heavy atom. The molecule has 3 saturated carbocycles. The molecule has 0 spiro atoms. The highest BCUT2D eigenvalue weighted by Crippen LogP contribution is 2.69. The molecule has 0 amide bonds. The van der Waals surface area contributed by atoms with Crippen LogP contribution in [0.5, 0.6) is 0 Å². The Labute approximate surface area is 219 Å². The monoisotopic (exact) mass is 522 g/mol. The van der Waals surface area contributed by atoms with Crippen LogP contribution in [0.3, 0.4) is 0 Å². The van der Waals surface area contributed by atoms with Crippen molar-refractivity contribution in [2.24, 2.45) is 34.5 Å². The van der Waals surface area contributed by atoms with E-state index in [-0.39, 0.29) is 24.5 Å². The maximum absolute atomic E-state index is 13.4. The number of ketones is 1. The highest BCUT2D eigenvalue weighted by molar-refractivity contribution is 5.95. The minimum absolute atomic E-state index is 0.0992. The lowest BCUT2D eigenvalue weighted by atomic mass is 9.45. The first-order valence-corrected chi connectivity index (χ1v) is 14.2. The Hall–Kier alpha value is -0.870. The summed E-state index contributed by atoms with van der Waals surface area (Å²) in [5.41, 5.74) is -4.52. The van der Waals surface area contributed by atoms with Crippen molar-refractivity contribution >= 4 is 5.78 Å². The van der Waals surface area contributed by atoms with Gasteiger partial charge < -0.3 is 35.4 Å². The van der Waals surface area contributed by atoms with E-state index in [1.807, 2.05) is 20.8 Å². The third-order valence-corrected chi connectivity index (χ3v) is 12.2. The second-order valence-corrected chi connectivity index (χ2v) is 13.8. The number of carbonyl (C=O) groups excluding carboxylic acids is 1. The van der Waals surface area contributed by atoms with Crippen molar-refractivity contribution in [1.82, 2.24) is 0 Å². The van der Waals surface area contributed by atoms with Crippen molar-refractivity contribution in [1.29, 1.82) is 0 Å². The third kappa shape index (κ3) is 3.63. The minimum atomic E-state index is -1.44. The molecule has 210 valence electrons. The van der Waals surface area contributed by atoms with Gasteiger partial charge in [-0.3, -0.25) is 4.79 Å². The number of rotatable bonds is 3. The first-order valence-electron chi connectivity index (χ1n) is 14.2. The summed E-state index contributed by atoms with van der Waals surface area (Å²) < 4.78 is 5.91. The summed E-state index contributed by atoms with van der Waals surface area (Å²) >= 11 is 0. The second-order valence-electron chi connectivity index (χ2n) is 13.8. The maximum Gasteiger partial charge on any atom is 0.160 e. The van der Waals surface area contributed by atoms with E-state index in [1.54, 1.807) is 19.9 Å². The van der Waals surface area contributed by atoms with Gasteiger partial charge in [-0.05, 0) is 80.8 Å². The van der Waals surface area contributed by atoms with Crippen LogP contribution in [0.1, 0.15) is 86.0 Å². The normalized spacial score (nSPS) is 55.5. The van der Waals surface area contributed by atoms with Gasteiger partial charge in [0.25, 0.3) is 0 Å². The molecule has 0 aromatic heterocycles. The van der Waals surface area contributed by atoms with Crippen LogP contribution in [0.25, 0.3) is 0 Å². The first kappa shape index (κ1) is 27.7. The molecule has 5 aliphatic rings. The van der Waals surface area contributed by atoms with Crippen molar-refractivity contribution in [3.05, 3.63) is 11.6 Å². The molecule has 1 saturated heterocycles. The van der Waals surface area contributed by atoms with E-state index in [4.69, 9.17) is 4.74 Å². The van der Waals surface area contributed by atoms with E-state index in [0.717, 1.165) is 0 Å². The molecule has 37 heavy (non-hydrogen) atoms. The molecule has 8 heteroatoms. The molecular formula is C29H46O8. The first-order chi connectivity index (χ1) is 17.0. The van der Waals surface area contributed by atoms with Crippen LogP contribution < -0.4 is 0 Å². The van der Waals surface area contributed by atoms with Gasteiger partial charge in [-0.2, -0.15) is 0 Å². The Morgan fingerprint density at radius 2 is 1.73 bits per heavy atom. The van der Waals surface area contributed by atoms with Gasteiger partial charge in [0.05, 0.1) is 35.1 Å². The molecule has 4 aliphatic carbocycles. The fourth-order valence-electron chi connectivity index (χ4n) is 9.45. The molecular weight excluding hydrogens is 476 g/mol. The van der Waals surface area contributed by atoms with Gasteiger partial charge in [-0.1, -0.05) is 27.7 Å². The summed E-state index contributed by atoms with van der Waals surface area (Å²) in [6.45, 7) is 9.31. The number of hydrogen-bond donors (Lipinski definition) is 6. The van der Waals surface area contributed by atoms with Gasteiger partial charge in [-0.25, -0.2) is 0 Å². The van der Waals surface area contributed by atoms with Gasteiger partial charge in [0, 0.05) is 23.7 Å². The summed E-state index contributed by atoms with van der Waals surface area (Å²) in [5, 5.41) is 67.1. The molecule has 1 aliphatic heterocycles. The molecule has 0 aromatic rings. The SMILES string of the molecule is CC[C@]1(O)C[C@H]([C@](C)(O)[C@H]2CC[C@@]3(O)C4=CC(=O)[C@@H]5C[C@@H](O)[C@@H](O)C[C@]5(C)[C@H]4CC[C@]23C)O[C@@H](O)[C@H]1C. The zero-order chi connectivity index (χ0) is 27.3. The zero-order valence-corrected chi connectivity index (χ0v) is 22.9. The van der Waals surface area contributed by atoms with Crippen molar-refractivity contribution < 1.29 is 40.2 Å². The number of carbonyl (C=O) groups is 1. The largest absolute Gasteiger partial charge is 0.390 e. The van der Waals surface area contributed by atoms with Crippen molar-refractivity contribution in [3.8, 4) is 0 Å². The number of hydrogen-bond acceptors (Lipinski definition) is 8. The predicted molar refractivity (Wildman–Crippen MR) is 135 cm³/mol. The third-order valence-electron chi connectivity index (χ3n) is 12.2. The summed E-state index contributed by atoms with van der Waals surface area (Å²) in [5.74, 6) is -1.48. The number of aliphatic hydroxyl groups is 6. The Bertz CT molecular complexity index is 979. The average molecular weight is 523 g/mol. The molecule has 4 fully saturated rings. The van der Waals surface area contributed by atoms with Crippen LogP contribution in [-0.2, 0) is 9.53 Å². The quantitative estimate of drug-likeness (QED) is 0.329.